The summed E-state index contributed by atoms with van der Waals surface area (Å²) in [5, 5.41) is 10.6. The highest BCUT2D eigenvalue weighted by Gasteiger charge is 2.22. The second-order valence-corrected chi connectivity index (χ2v) is 12.1. The van der Waals surface area contributed by atoms with Crippen molar-refractivity contribution in [2.45, 2.75) is 17.1 Å². The predicted molar refractivity (Wildman–Crippen MR) is 160 cm³/mol. The smallest absolute Gasteiger partial charge is 0.277 e. The maximum atomic E-state index is 13.1. The molecule has 0 bridgehead atoms. The Bertz CT molecular complexity index is 1800. The number of aromatic nitrogens is 1. The molecule has 0 unspecified atom stereocenters. The molecule has 0 aliphatic rings. The summed E-state index contributed by atoms with van der Waals surface area (Å²) in [6.07, 6.45) is 1.94. The van der Waals surface area contributed by atoms with Gasteiger partial charge in [-0.15, -0.1) is 11.3 Å². The van der Waals surface area contributed by atoms with E-state index in [-0.39, 0.29) is 29.0 Å². The zero-order valence-electron chi connectivity index (χ0n) is 21.7. The fourth-order valence-corrected chi connectivity index (χ4v) is 6.74. The molecule has 0 radical (unpaired) electrons. The topological polar surface area (TPSA) is 126 Å². The molecule has 5 rings (SSSR count). The van der Waals surface area contributed by atoms with Gasteiger partial charge in [0.05, 0.1) is 12.1 Å². The summed E-state index contributed by atoms with van der Waals surface area (Å²) >= 11 is 1.15. The number of rotatable bonds is 10. The van der Waals surface area contributed by atoms with Gasteiger partial charge in [-0.3, -0.25) is 14.4 Å². The molecule has 0 aliphatic heterocycles. The first-order chi connectivity index (χ1) is 19.8. The van der Waals surface area contributed by atoms with E-state index in [1.165, 1.54) is 3.97 Å². The zero-order chi connectivity index (χ0) is 28.8. The van der Waals surface area contributed by atoms with Gasteiger partial charge >= 0.3 is 0 Å². The Balaban J connectivity index is 1.13. The number of amides is 3. The van der Waals surface area contributed by atoms with Gasteiger partial charge in [-0.05, 0) is 65.9 Å². The first-order valence-electron chi connectivity index (χ1n) is 12.7. The molecule has 3 N–H and O–H groups in total. The van der Waals surface area contributed by atoms with Gasteiger partial charge in [-0.25, -0.2) is 3.97 Å². The van der Waals surface area contributed by atoms with Crippen LogP contribution in [0, 0.1) is 0 Å². The molecule has 41 heavy (non-hydrogen) atoms. The average Bonchev–Trinajstić information content (AvgIpc) is 3.66. The van der Waals surface area contributed by atoms with Crippen LogP contribution in [0.2, 0.25) is 0 Å². The van der Waals surface area contributed by atoms with Crippen molar-refractivity contribution in [1.82, 2.24) is 9.29 Å². The number of nitrogens with zero attached hydrogens (tertiary/aromatic N) is 1. The van der Waals surface area contributed by atoms with E-state index in [4.69, 9.17) is 0 Å². The molecule has 9 nitrogen and oxygen atoms in total. The van der Waals surface area contributed by atoms with Crippen molar-refractivity contribution >= 4 is 61.4 Å². The van der Waals surface area contributed by atoms with Gasteiger partial charge in [0.1, 0.15) is 4.21 Å². The number of anilines is 2. The highest BCUT2D eigenvalue weighted by Crippen LogP contribution is 2.28. The predicted octanol–water partition coefficient (Wildman–Crippen LogP) is 4.88. The third-order valence-electron chi connectivity index (χ3n) is 6.30. The van der Waals surface area contributed by atoms with Gasteiger partial charge in [0.2, 0.25) is 11.8 Å². The number of hydrogen-bond acceptors (Lipinski definition) is 6. The van der Waals surface area contributed by atoms with Crippen LogP contribution in [-0.2, 0) is 26.0 Å². The van der Waals surface area contributed by atoms with Crippen molar-refractivity contribution in [1.29, 1.82) is 0 Å². The Kier molecular flexibility index (Phi) is 8.27. The lowest BCUT2D eigenvalue weighted by molar-refractivity contribution is -0.124. The number of carbonyl (C=O) groups is 3. The highest BCUT2D eigenvalue weighted by molar-refractivity contribution is 7.92. The second kappa shape index (κ2) is 12.2. The van der Waals surface area contributed by atoms with Crippen molar-refractivity contribution in [3.8, 4) is 0 Å². The largest absolute Gasteiger partial charge is 0.347 e. The third-order valence-corrected chi connectivity index (χ3v) is 9.35. The third kappa shape index (κ3) is 6.53. The Morgan fingerprint density at radius 2 is 1.44 bits per heavy atom. The monoisotopic (exact) mass is 586 g/mol. The second-order valence-electron chi connectivity index (χ2n) is 9.13. The van der Waals surface area contributed by atoms with Crippen LogP contribution in [0.3, 0.4) is 0 Å². The van der Waals surface area contributed by atoms with Gasteiger partial charge < -0.3 is 16.0 Å². The minimum Gasteiger partial charge on any atom is -0.347 e. The fraction of sp³-hybridized carbons (Fsp3) is 0.100. The van der Waals surface area contributed by atoms with Gasteiger partial charge in [0.25, 0.3) is 15.9 Å². The standard InChI is InChI=1S/C30H26N4O5S2/c35-27(17-12-22-20-34(26-10-5-4-9-25(22)26)41(38,39)29-11-6-18-40-29)31-19-28(36)32-23-13-15-24(16-14-23)33-30(37)21-7-2-1-3-8-21/h1-11,13-16,18,20H,12,17,19H2,(H,31,35)(H,32,36)(H,33,37). The quantitative estimate of drug-likeness (QED) is 0.215. The van der Waals surface area contributed by atoms with E-state index in [0.29, 0.717) is 28.9 Å². The minimum atomic E-state index is -3.75. The number of benzene rings is 3. The lowest BCUT2D eigenvalue weighted by Crippen LogP contribution is -2.32. The summed E-state index contributed by atoms with van der Waals surface area (Å²) in [6, 6.07) is 25.9. The molecule has 0 atom stereocenters. The molecular weight excluding hydrogens is 560 g/mol. The molecule has 0 saturated heterocycles. The van der Waals surface area contributed by atoms with Crippen LogP contribution in [0.25, 0.3) is 10.9 Å². The van der Waals surface area contributed by atoms with Crippen LogP contribution in [0.15, 0.2) is 107 Å². The average molecular weight is 587 g/mol. The molecule has 0 aliphatic carbocycles. The molecule has 3 amide bonds. The van der Waals surface area contributed by atoms with Gasteiger partial charge in [-0.1, -0.05) is 42.5 Å². The van der Waals surface area contributed by atoms with E-state index in [2.05, 4.69) is 16.0 Å². The van der Waals surface area contributed by atoms with Crippen LogP contribution in [-0.4, -0.2) is 36.7 Å². The van der Waals surface area contributed by atoms with E-state index >= 15 is 0 Å². The first-order valence-corrected chi connectivity index (χ1v) is 15.0. The molecule has 11 heteroatoms. The number of hydrogen-bond donors (Lipinski definition) is 3. The highest BCUT2D eigenvalue weighted by atomic mass is 32.2. The van der Waals surface area contributed by atoms with Crippen LogP contribution >= 0.6 is 11.3 Å². The van der Waals surface area contributed by atoms with Gasteiger partial charge in [0.15, 0.2) is 0 Å². The van der Waals surface area contributed by atoms with Crippen molar-refractivity contribution < 1.29 is 22.8 Å². The number of para-hydroxylation sites is 1. The molecule has 0 spiro atoms. The van der Waals surface area contributed by atoms with Crippen molar-refractivity contribution in [2.75, 3.05) is 17.2 Å². The van der Waals surface area contributed by atoms with Crippen molar-refractivity contribution in [2.24, 2.45) is 0 Å². The molecule has 2 heterocycles. The molecule has 5 aromatic rings. The summed E-state index contributed by atoms with van der Waals surface area (Å²) in [4.78, 5) is 37.2. The Morgan fingerprint density at radius 1 is 0.756 bits per heavy atom. The molecule has 208 valence electrons. The normalized spacial score (nSPS) is 11.2. The maximum Gasteiger partial charge on any atom is 0.277 e. The van der Waals surface area contributed by atoms with Crippen LogP contribution in [0.4, 0.5) is 11.4 Å². The molecule has 2 aromatic heterocycles. The number of thiophene rings is 1. The fourth-order valence-electron chi connectivity index (χ4n) is 4.27. The van der Waals surface area contributed by atoms with E-state index in [1.807, 2.05) is 18.2 Å². The van der Waals surface area contributed by atoms with Crippen LogP contribution in [0.1, 0.15) is 22.3 Å². The first kappa shape index (κ1) is 27.8. The Morgan fingerprint density at radius 3 is 2.15 bits per heavy atom. The molecule has 3 aromatic carbocycles. The van der Waals surface area contributed by atoms with Crippen LogP contribution < -0.4 is 16.0 Å². The van der Waals surface area contributed by atoms with Crippen molar-refractivity contribution in [3.05, 3.63) is 114 Å². The number of nitrogens with one attached hydrogen (secondary N) is 3. The summed E-state index contributed by atoms with van der Waals surface area (Å²) in [5.74, 6) is -0.978. The lowest BCUT2D eigenvalue weighted by atomic mass is 10.1. The maximum absolute atomic E-state index is 13.1. The molecule has 0 saturated carbocycles. The van der Waals surface area contributed by atoms with E-state index in [0.717, 1.165) is 22.3 Å². The number of aryl methyl sites for hydroxylation is 1. The van der Waals surface area contributed by atoms with E-state index in [9.17, 15) is 22.8 Å². The summed E-state index contributed by atoms with van der Waals surface area (Å²) < 4.78 is 27.8. The zero-order valence-corrected chi connectivity index (χ0v) is 23.4. The van der Waals surface area contributed by atoms with Crippen LogP contribution in [0.5, 0.6) is 0 Å². The Labute approximate surface area is 240 Å². The number of fused-ring (bicyclic) bond motifs is 1. The van der Waals surface area contributed by atoms with Gasteiger partial charge in [0, 0.05) is 34.9 Å². The molecular formula is C30H26N4O5S2. The SMILES string of the molecule is O=C(CCc1cn(S(=O)(=O)c2cccs2)c2ccccc12)NCC(=O)Nc1ccc(NC(=O)c2ccccc2)cc1. The summed E-state index contributed by atoms with van der Waals surface area (Å²) in [6.45, 7) is -0.222. The molecule has 0 fully saturated rings. The Hall–Kier alpha value is -4.74. The summed E-state index contributed by atoms with van der Waals surface area (Å²) in [7, 11) is -3.75. The minimum absolute atomic E-state index is 0.0795. The van der Waals surface area contributed by atoms with E-state index in [1.54, 1.807) is 84.4 Å². The van der Waals surface area contributed by atoms with E-state index < -0.39 is 15.9 Å². The summed E-state index contributed by atoms with van der Waals surface area (Å²) in [5.41, 5.74) is 2.90. The van der Waals surface area contributed by atoms with Gasteiger partial charge in [-0.2, -0.15) is 8.42 Å². The van der Waals surface area contributed by atoms with Crippen molar-refractivity contribution in [3.63, 3.8) is 0 Å². The lowest BCUT2D eigenvalue weighted by Gasteiger charge is -2.09. The number of carbonyl (C=O) groups excluding carboxylic acids is 3.